The minimum atomic E-state index is 0.723. The largest absolute Gasteiger partial charge is 0.310 e. The number of para-hydroxylation sites is 4. The van der Waals surface area contributed by atoms with Gasteiger partial charge in [0.1, 0.15) is 0 Å². The van der Waals surface area contributed by atoms with E-state index in [4.69, 9.17) is 9.97 Å². The maximum atomic E-state index is 5.12. The van der Waals surface area contributed by atoms with Crippen molar-refractivity contribution >= 4 is 55.9 Å². The summed E-state index contributed by atoms with van der Waals surface area (Å²) in [6, 6.07) is 94.7. The zero-order chi connectivity index (χ0) is 46.8. The first kappa shape index (κ1) is 42.1. The van der Waals surface area contributed by atoms with E-state index in [1.165, 1.54) is 0 Å². The van der Waals surface area contributed by atoms with E-state index in [1.807, 2.05) is 12.1 Å². The summed E-state index contributed by atoms with van der Waals surface area (Å²) in [6.45, 7) is 2.11. The molecular weight excluding hydrogens is 851 g/mol. The number of hydrogen-bond acceptors (Lipinski definition) is 4. The van der Waals surface area contributed by atoms with Gasteiger partial charge in [-0.05, 0) is 127 Å². The Morgan fingerprint density at radius 2 is 0.686 bits per heavy atom. The van der Waals surface area contributed by atoms with Crippen molar-refractivity contribution in [2.75, 3.05) is 9.80 Å². The van der Waals surface area contributed by atoms with Crippen LogP contribution in [0.5, 0.6) is 0 Å². The fourth-order valence-corrected chi connectivity index (χ4v) is 9.69. The molecule has 5 nitrogen and oxygen atoms in total. The van der Waals surface area contributed by atoms with Gasteiger partial charge in [-0.25, -0.2) is 9.97 Å². The fraction of sp³-hybridized carbons (Fsp3) is 0.0154. The Labute approximate surface area is 408 Å². The Balaban J connectivity index is 0.953. The molecule has 12 aromatic rings. The Morgan fingerprint density at radius 3 is 1.13 bits per heavy atom. The first-order chi connectivity index (χ1) is 34.6. The number of rotatable bonds is 11. The highest BCUT2D eigenvalue weighted by Crippen LogP contribution is 2.43. The molecule has 332 valence electrons. The number of anilines is 6. The van der Waals surface area contributed by atoms with Gasteiger partial charge in [-0.2, -0.15) is 0 Å². The lowest BCUT2D eigenvalue weighted by Gasteiger charge is -2.26. The predicted octanol–water partition coefficient (Wildman–Crippen LogP) is 17.5. The van der Waals surface area contributed by atoms with E-state index in [9.17, 15) is 0 Å². The van der Waals surface area contributed by atoms with Gasteiger partial charge in [-0.1, -0.05) is 164 Å². The topological polar surface area (TPSA) is 37.2 Å². The molecule has 0 amide bonds. The highest BCUT2D eigenvalue weighted by molar-refractivity contribution is 6.12. The second-order valence-electron chi connectivity index (χ2n) is 17.5. The molecule has 10 aromatic carbocycles. The Kier molecular flexibility index (Phi) is 11.1. The summed E-state index contributed by atoms with van der Waals surface area (Å²) >= 11 is 0. The molecule has 0 atom stereocenters. The predicted molar refractivity (Wildman–Crippen MR) is 292 cm³/mol. The van der Waals surface area contributed by atoms with Crippen molar-refractivity contribution in [3.05, 3.63) is 272 Å². The summed E-state index contributed by atoms with van der Waals surface area (Å²) in [4.78, 5) is 14.8. The summed E-state index contributed by atoms with van der Waals surface area (Å²) in [6.07, 6.45) is 0. The molecule has 0 fully saturated rings. The van der Waals surface area contributed by atoms with Crippen LogP contribution in [0.2, 0.25) is 0 Å². The summed E-state index contributed by atoms with van der Waals surface area (Å²) in [5.74, 6) is 0.723. The van der Waals surface area contributed by atoms with Gasteiger partial charge in [0, 0.05) is 67.3 Å². The van der Waals surface area contributed by atoms with Gasteiger partial charge in [0.2, 0.25) is 0 Å². The van der Waals surface area contributed by atoms with Crippen LogP contribution in [0.15, 0.2) is 267 Å². The molecule has 0 radical (unpaired) electrons. The monoisotopic (exact) mass is 897 g/mol. The van der Waals surface area contributed by atoms with Crippen LogP contribution in [0, 0.1) is 6.92 Å². The molecule has 0 unspecified atom stereocenters. The van der Waals surface area contributed by atoms with E-state index in [2.05, 4.69) is 276 Å². The second-order valence-corrected chi connectivity index (χ2v) is 17.5. The van der Waals surface area contributed by atoms with Gasteiger partial charge in [0.05, 0.1) is 22.4 Å². The van der Waals surface area contributed by atoms with E-state index in [1.54, 1.807) is 0 Å². The first-order valence-electron chi connectivity index (χ1n) is 23.7. The van der Waals surface area contributed by atoms with Gasteiger partial charge >= 0.3 is 0 Å². The fourth-order valence-electron chi connectivity index (χ4n) is 9.69. The normalized spacial score (nSPS) is 11.2. The summed E-state index contributed by atoms with van der Waals surface area (Å²) < 4.78 is 2.40. The van der Waals surface area contributed by atoms with Gasteiger partial charge in [0.15, 0.2) is 5.82 Å². The second kappa shape index (κ2) is 18.4. The van der Waals surface area contributed by atoms with Crippen molar-refractivity contribution in [3.8, 4) is 50.7 Å². The number of aryl methyl sites for hydroxylation is 1. The quantitative estimate of drug-likeness (QED) is 0.130. The number of nitrogens with zero attached hydrogens (tertiary/aromatic N) is 5. The van der Waals surface area contributed by atoms with Crippen molar-refractivity contribution in [3.63, 3.8) is 0 Å². The lowest BCUT2D eigenvalue weighted by atomic mass is 10.0. The van der Waals surface area contributed by atoms with Crippen molar-refractivity contribution in [1.29, 1.82) is 0 Å². The van der Waals surface area contributed by atoms with E-state index < -0.39 is 0 Å². The molecule has 0 aliphatic carbocycles. The van der Waals surface area contributed by atoms with Crippen molar-refractivity contribution in [2.24, 2.45) is 0 Å². The zero-order valence-electron chi connectivity index (χ0n) is 38.6. The smallest absolute Gasteiger partial charge is 0.160 e. The Morgan fingerprint density at radius 1 is 0.314 bits per heavy atom. The number of benzene rings is 10. The Bertz CT molecular complexity index is 3520. The van der Waals surface area contributed by atoms with E-state index in [-0.39, 0.29) is 0 Å². The van der Waals surface area contributed by atoms with Crippen LogP contribution in [0.25, 0.3) is 72.5 Å². The summed E-state index contributed by atoms with van der Waals surface area (Å²) in [5, 5.41) is 2.33. The molecule has 2 aromatic heterocycles. The molecule has 0 saturated heterocycles. The molecule has 70 heavy (non-hydrogen) atoms. The lowest BCUT2D eigenvalue weighted by Crippen LogP contribution is -2.09. The molecule has 0 bridgehead atoms. The molecule has 0 N–H and O–H groups in total. The van der Waals surface area contributed by atoms with Crippen molar-refractivity contribution < 1.29 is 0 Å². The average molecular weight is 898 g/mol. The number of fused-ring (bicyclic) bond motifs is 3. The molecule has 0 aliphatic heterocycles. The third kappa shape index (κ3) is 8.06. The maximum absolute atomic E-state index is 5.12. The third-order valence-corrected chi connectivity index (χ3v) is 13.1. The van der Waals surface area contributed by atoms with Gasteiger partial charge in [0.25, 0.3) is 0 Å². The van der Waals surface area contributed by atoms with Crippen LogP contribution in [-0.2, 0) is 0 Å². The summed E-state index contributed by atoms with van der Waals surface area (Å²) in [5.41, 5.74) is 18.2. The number of aromatic nitrogens is 3. The van der Waals surface area contributed by atoms with Crippen LogP contribution < -0.4 is 9.80 Å². The average Bonchev–Trinajstić information content (AvgIpc) is 3.75. The standard InChI is InChI=1S/C65H47N5/c1-46-19-17-18-30-58(46)65-66-61(49-20-7-2-8-21-49)45-62(67-65)50-33-31-47(32-34-50)48-35-37-55(38-36-48)70-63-41-39-56(68(51-22-9-3-10-23-51)52-24-11-4-12-25-52)43-59(63)60-44-57(40-42-64(60)70)69(53-26-13-5-14-27-53)54-28-15-6-16-29-54/h2-45H,1H3. The molecule has 2 heterocycles. The molecular formula is C65H47N5. The van der Waals surface area contributed by atoms with E-state index in [0.717, 1.165) is 112 Å². The van der Waals surface area contributed by atoms with E-state index >= 15 is 0 Å². The minimum Gasteiger partial charge on any atom is -0.310 e. The van der Waals surface area contributed by atoms with Gasteiger partial charge < -0.3 is 14.4 Å². The highest BCUT2D eigenvalue weighted by Gasteiger charge is 2.20. The molecule has 5 heteroatoms. The van der Waals surface area contributed by atoms with Crippen molar-refractivity contribution in [2.45, 2.75) is 6.92 Å². The Hall–Kier alpha value is -9.32. The van der Waals surface area contributed by atoms with Gasteiger partial charge in [-0.15, -0.1) is 0 Å². The molecule has 0 aliphatic rings. The van der Waals surface area contributed by atoms with Crippen LogP contribution in [0.3, 0.4) is 0 Å². The molecule has 0 saturated carbocycles. The van der Waals surface area contributed by atoms with Gasteiger partial charge in [-0.3, -0.25) is 0 Å². The minimum absolute atomic E-state index is 0.723. The third-order valence-electron chi connectivity index (χ3n) is 13.1. The zero-order valence-corrected chi connectivity index (χ0v) is 38.6. The van der Waals surface area contributed by atoms with Crippen LogP contribution >= 0.6 is 0 Å². The lowest BCUT2D eigenvalue weighted by molar-refractivity contribution is 1.17. The highest BCUT2D eigenvalue weighted by atomic mass is 15.1. The van der Waals surface area contributed by atoms with Crippen molar-refractivity contribution in [1.82, 2.24) is 14.5 Å². The van der Waals surface area contributed by atoms with Crippen LogP contribution in [0.4, 0.5) is 34.1 Å². The maximum Gasteiger partial charge on any atom is 0.160 e. The SMILES string of the molecule is Cc1ccccc1-c1nc(-c2ccccc2)cc(-c2ccc(-c3ccc(-n4c5ccc(N(c6ccccc6)c6ccccc6)cc5c5cc(N(c6ccccc6)c6ccccc6)ccc54)cc3)cc2)n1. The summed E-state index contributed by atoms with van der Waals surface area (Å²) in [7, 11) is 0. The molecule has 0 spiro atoms. The van der Waals surface area contributed by atoms with Crippen LogP contribution in [0.1, 0.15) is 5.56 Å². The number of hydrogen-bond donors (Lipinski definition) is 0. The van der Waals surface area contributed by atoms with E-state index in [0.29, 0.717) is 0 Å². The van der Waals surface area contributed by atoms with Crippen LogP contribution in [-0.4, -0.2) is 14.5 Å². The first-order valence-corrected chi connectivity index (χ1v) is 23.7. The molecule has 12 rings (SSSR count).